The number of nitrogens with zero attached hydrogens (tertiary/aromatic N) is 2. The van der Waals surface area contributed by atoms with Crippen LogP contribution in [0, 0.1) is 0 Å². The van der Waals surface area contributed by atoms with E-state index in [-0.39, 0.29) is 0 Å². The Hall–Kier alpha value is -13.2. The van der Waals surface area contributed by atoms with Crippen molar-refractivity contribution in [3.8, 4) is 22.3 Å². The van der Waals surface area contributed by atoms with E-state index in [1.165, 1.54) is 55.6 Å². The Morgan fingerprint density at radius 2 is 0.450 bits per heavy atom. The van der Waals surface area contributed by atoms with Gasteiger partial charge in [-0.25, -0.2) is 0 Å². The molecule has 4 heterocycles. The van der Waals surface area contributed by atoms with Gasteiger partial charge in [0.15, 0.2) is 0 Å². The zero-order valence-electron chi connectivity index (χ0n) is 53.9. The second kappa shape index (κ2) is 20.7. The van der Waals surface area contributed by atoms with Gasteiger partial charge in [0.1, 0.15) is 44.7 Å². The molecule has 0 aliphatic heterocycles. The molecule has 22 rings (SSSR count). The summed E-state index contributed by atoms with van der Waals surface area (Å²) in [4.78, 5) is 5.00. The smallest absolute Gasteiger partial charge is 0.135 e. The molecule has 2 atom stereocenters. The fraction of sp³-hybridized carbons (Fsp3) is 0.0213. The third kappa shape index (κ3) is 7.40. The Bertz CT molecular complexity index is 6190. The molecule has 0 saturated heterocycles. The Kier molecular flexibility index (Phi) is 11.4. The summed E-state index contributed by atoms with van der Waals surface area (Å²) >= 11 is 0. The summed E-state index contributed by atoms with van der Waals surface area (Å²) in [6.45, 7) is 0. The SMILES string of the molecule is c1ccc(C2(C3(c4ccccc4)c4ccccc4-c4c3cc(N(c3ccc5oc6ccccc6c5c3)c3ccc5oc6ccccc6c5c3)c3ccccc43)c3ccccc3-c3c2cc(N(c2ccc4oc5ccccc5c4c2)c2ccc4oc5ccccc5c4c2)c2ccccc32)cc1. The van der Waals surface area contributed by atoms with Crippen molar-refractivity contribution in [2.75, 3.05) is 9.80 Å². The molecule has 20 aromatic rings. The first kappa shape index (κ1) is 55.0. The standard InChI is InChI=1S/C94H56N2O4/c1-3-23-57(24-4-1)93(77-37-17-11-35-71(77)91-69-33-9-7-27-63(69)81(55-79(91)93)95(59-43-47-87-73(51-59)65-29-13-19-39-83(65)97-87)60-44-48-88-74(52-60)66-30-14-20-40-84(66)98-88)94(58-25-5-2-6-26-58)78-38-18-12-36-72(78)92-70-34-10-8-28-64(70)82(56-80(92)94)96(61-45-49-89-75(53-61)67-31-15-21-41-85(67)99-89)62-46-50-90-76(54-62)68-32-16-22-42-86(68)100-90/h1-56H. The molecule has 0 fully saturated rings. The van der Waals surface area contributed by atoms with Gasteiger partial charge >= 0.3 is 0 Å². The minimum atomic E-state index is -1.03. The molecule has 0 amide bonds. The lowest BCUT2D eigenvalue weighted by molar-refractivity contribution is 0.438. The van der Waals surface area contributed by atoms with Crippen LogP contribution in [0.5, 0.6) is 0 Å². The van der Waals surface area contributed by atoms with Crippen LogP contribution in [0.15, 0.2) is 357 Å². The maximum absolute atomic E-state index is 6.62. The summed E-state index contributed by atoms with van der Waals surface area (Å²) in [5.41, 5.74) is 22.6. The van der Waals surface area contributed by atoms with Crippen LogP contribution in [-0.4, -0.2) is 0 Å². The molecule has 0 N–H and O–H groups in total. The highest BCUT2D eigenvalue weighted by molar-refractivity contribution is 6.17. The number of anilines is 6. The van der Waals surface area contributed by atoms with E-state index in [1.54, 1.807) is 0 Å². The minimum absolute atomic E-state index is 0.832. The molecule has 2 unspecified atom stereocenters. The van der Waals surface area contributed by atoms with E-state index in [9.17, 15) is 0 Å². The molecule has 6 nitrogen and oxygen atoms in total. The van der Waals surface area contributed by atoms with Gasteiger partial charge in [-0.05, 0) is 176 Å². The van der Waals surface area contributed by atoms with Crippen molar-refractivity contribution < 1.29 is 17.7 Å². The fourth-order valence-electron chi connectivity index (χ4n) is 18.1. The highest BCUT2D eigenvalue weighted by Gasteiger charge is 2.65. The molecular weight excluding hydrogens is 1220 g/mol. The summed E-state index contributed by atoms with van der Waals surface area (Å²) in [7, 11) is 0. The van der Waals surface area contributed by atoms with Crippen LogP contribution >= 0.6 is 0 Å². The van der Waals surface area contributed by atoms with Crippen LogP contribution in [0.3, 0.4) is 0 Å². The number of furan rings is 4. The highest BCUT2D eigenvalue weighted by atomic mass is 16.3. The van der Waals surface area contributed by atoms with E-state index >= 15 is 0 Å². The van der Waals surface area contributed by atoms with Crippen LogP contribution < -0.4 is 9.80 Å². The number of para-hydroxylation sites is 4. The lowest BCUT2D eigenvalue weighted by Gasteiger charge is -2.51. The van der Waals surface area contributed by atoms with Crippen molar-refractivity contribution >= 4 is 143 Å². The molecule has 2 aliphatic rings. The van der Waals surface area contributed by atoms with Gasteiger partial charge in [0.05, 0.1) is 22.2 Å². The maximum atomic E-state index is 6.62. The highest BCUT2D eigenvalue weighted by Crippen LogP contribution is 2.72. The second-order valence-corrected chi connectivity index (χ2v) is 26.8. The first-order valence-electron chi connectivity index (χ1n) is 34.3. The zero-order valence-corrected chi connectivity index (χ0v) is 53.9. The summed E-state index contributed by atoms with van der Waals surface area (Å²) in [6, 6.07) is 125. The van der Waals surface area contributed by atoms with Crippen LogP contribution in [0.4, 0.5) is 34.1 Å². The minimum Gasteiger partial charge on any atom is -0.456 e. The lowest BCUT2D eigenvalue weighted by Crippen LogP contribution is -2.50. The van der Waals surface area contributed by atoms with Crippen LogP contribution in [-0.2, 0) is 10.8 Å². The van der Waals surface area contributed by atoms with Gasteiger partial charge in [-0.15, -0.1) is 0 Å². The van der Waals surface area contributed by atoms with Gasteiger partial charge in [0.25, 0.3) is 0 Å². The van der Waals surface area contributed by atoms with Crippen molar-refractivity contribution in [3.63, 3.8) is 0 Å². The molecule has 0 bridgehead atoms. The van der Waals surface area contributed by atoms with Crippen molar-refractivity contribution in [2.45, 2.75) is 10.8 Å². The number of benzene rings is 16. The van der Waals surface area contributed by atoms with E-state index in [2.05, 4.69) is 325 Å². The summed E-state index contributed by atoms with van der Waals surface area (Å²) in [6.07, 6.45) is 0. The van der Waals surface area contributed by atoms with Gasteiger partial charge < -0.3 is 27.5 Å². The average molecular weight is 1280 g/mol. The Labute approximate surface area is 573 Å². The van der Waals surface area contributed by atoms with E-state index in [1.807, 2.05) is 24.3 Å². The van der Waals surface area contributed by atoms with Crippen LogP contribution in [0.25, 0.3) is 132 Å². The van der Waals surface area contributed by atoms with Gasteiger partial charge in [0, 0.05) is 76.6 Å². The predicted octanol–water partition coefficient (Wildman–Crippen LogP) is 25.9. The number of hydrogen-bond acceptors (Lipinski definition) is 6. The second-order valence-electron chi connectivity index (χ2n) is 26.8. The molecule has 6 heteroatoms. The van der Waals surface area contributed by atoms with E-state index < -0.39 is 10.8 Å². The Morgan fingerprint density at radius 1 is 0.190 bits per heavy atom. The topological polar surface area (TPSA) is 59.0 Å². The third-order valence-electron chi connectivity index (χ3n) is 22.0. The molecule has 100 heavy (non-hydrogen) atoms. The lowest BCUT2D eigenvalue weighted by atomic mass is 9.49. The average Bonchev–Trinajstić information content (AvgIpc) is 1.46. The first-order valence-corrected chi connectivity index (χ1v) is 34.3. The Morgan fingerprint density at radius 3 is 0.780 bits per heavy atom. The van der Waals surface area contributed by atoms with Crippen molar-refractivity contribution in [1.29, 1.82) is 0 Å². The number of hydrogen-bond donors (Lipinski definition) is 0. The molecule has 466 valence electrons. The van der Waals surface area contributed by atoms with E-state index in [4.69, 9.17) is 17.7 Å². The number of rotatable bonds is 9. The molecule has 0 saturated carbocycles. The molecule has 0 radical (unpaired) electrons. The normalized spacial score (nSPS) is 15.5. The maximum Gasteiger partial charge on any atom is 0.135 e. The van der Waals surface area contributed by atoms with Crippen molar-refractivity contribution in [1.82, 2.24) is 0 Å². The first-order chi connectivity index (χ1) is 49.6. The quantitative estimate of drug-likeness (QED) is 0.144. The zero-order chi connectivity index (χ0) is 65.4. The number of fused-ring (bicyclic) bond motifs is 22. The largest absolute Gasteiger partial charge is 0.456 e. The van der Waals surface area contributed by atoms with Gasteiger partial charge in [-0.2, -0.15) is 0 Å². The molecule has 4 aromatic heterocycles. The molecule has 2 aliphatic carbocycles. The summed E-state index contributed by atoms with van der Waals surface area (Å²) in [5.74, 6) is 0. The van der Waals surface area contributed by atoms with Gasteiger partial charge in [-0.3, -0.25) is 0 Å². The molecule has 16 aromatic carbocycles. The predicted molar refractivity (Wildman–Crippen MR) is 410 cm³/mol. The monoisotopic (exact) mass is 1280 g/mol. The fourth-order valence-corrected chi connectivity index (χ4v) is 18.1. The molecule has 0 spiro atoms. The summed E-state index contributed by atoms with van der Waals surface area (Å²) in [5, 5.41) is 13.0. The summed E-state index contributed by atoms with van der Waals surface area (Å²) < 4.78 is 26.5. The molecular formula is C94H56N2O4. The van der Waals surface area contributed by atoms with E-state index in [0.717, 1.165) is 143 Å². The van der Waals surface area contributed by atoms with Gasteiger partial charge in [-0.1, -0.05) is 231 Å². The van der Waals surface area contributed by atoms with Gasteiger partial charge in [0.2, 0.25) is 0 Å². The Balaban J connectivity index is 0.900. The van der Waals surface area contributed by atoms with Crippen LogP contribution in [0.1, 0.15) is 33.4 Å². The van der Waals surface area contributed by atoms with Crippen LogP contribution in [0.2, 0.25) is 0 Å². The van der Waals surface area contributed by atoms with Crippen molar-refractivity contribution in [2.24, 2.45) is 0 Å². The van der Waals surface area contributed by atoms with E-state index in [0.29, 0.717) is 0 Å². The third-order valence-corrected chi connectivity index (χ3v) is 22.0. The van der Waals surface area contributed by atoms with Crippen molar-refractivity contribution in [3.05, 3.63) is 373 Å².